The third kappa shape index (κ3) is 3.67. The molecule has 92 valence electrons. The Morgan fingerprint density at radius 1 is 1.59 bits per heavy atom. The number of rotatable bonds is 5. The van der Waals surface area contributed by atoms with Crippen LogP contribution in [-0.2, 0) is 14.3 Å². The molecular weight excluding hydrogens is 226 g/mol. The minimum absolute atomic E-state index is 0.0284. The minimum atomic E-state index is -0.588. The van der Waals surface area contributed by atoms with Gasteiger partial charge >= 0.3 is 12.1 Å². The number of carbonyl (C=O) groups excluding carboxylic acids is 2. The monoisotopic (exact) mass is 239 g/mol. The van der Waals surface area contributed by atoms with Gasteiger partial charge in [-0.15, -0.1) is 0 Å². The van der Waals surface area contributed by atoms with E-state index in [1.165, 1.54) is 18.3 Å². The number of esters is 1. The van der Waals surface area contributed by atoms with Crippen molar-refractivity contribution in [1.82, 2.24) is 0 Å². The third-order valence-corrected chi connectivity index (χ3v) is 1.89. The van der Waals surface area contributed by atoms with Crippen molar-refractivity contribution < 1.29 is 23.5 Å². The Balaban J connectivity index is 2.57. The van der Waals surface area contributed by atoms with Crippen LogP contribution < -0.4 is 4.90 Å². The fourth-order valence-electron chi connectivity index (χ4n) is 1.12. The lowest BCUT2D eigenvalue weighted by molar-refractivity contribution is -0.137. The van der Waals surface area contributed by atoms with Gasteiger partial charge in [0.1, 0.15) is 6.61 Å². The zero-order valence-corrected chi connectivity index (χ0v) is 9.42. The number of carbonyl (C=O) groups is 2. The molecule has 17 heavy (non-hydrogen) atoms. The van der Waals surface area contributed by atoms with Crippen LogP contribution in [-0.4, -0.2) is 32.3 Å². The summed E-state index contributed by atoms with van der Waals surface area (Å²) >= 11 is 0. The van der Waals surface area contributed by atoms with Crippen LogP contribution in [0.5, 0.6) is 0 Å². The highest BCUT2D eigenvalue weighted by atomic mass is 16.6. The van der Waals surface area contributed by atoms with E-state index in [9.17, 15) is 9.59 Å². The van der Waals surface area contributed by atoms with Gasteiger partial charge in [0.05, 0.1) is 19.9 Å². The van der Waals surface area contributed by atoms with Crippen molar-refractivity contribution in [3.63, 3.8) is 0 Å². The molecule has 6 nitrogen and oxygen atoms in total. The van der Waals surface area contributed by atoms with Crippen molar-refractivity contribution in [3.8, 4) is 0 Å². The van der Waals surface area contributed by atoms with Crippen LogP contribution in [0, 0.1) is 0 Å². The number of nitrogens with zero attached hydrogens (tertiary/aromatic N) is 1. The smallest absolute Gasteiger partial charge is 0.416 e. The Hall–Kier alpha value is -2.24. The van der Waals surface area contributed by atoms with E-state index in [4.69, 9.17) is 9.15 Å². The molecule has 1 heterocycles. The molecule has 0 radical (unpaired) electrons. The molecular formula is C11H13NO5. The molecule has 1 amide bonds. The number of anilines is 1. The lowest BCUT2D eigenvalue weighted by Crippen LogP contribution is -2.34. The van der Waals surface area contributed by atoms with Crippen molar-refractivity contribution in [2.45, 2.75) is 0 Å². The van der Waals surface area contributed by atoms with E-state index in [1.54, 1.807) is 12.1 Å². The molecule has 6 heteroatoms. The number of methoxy groups -OCH3 is 1. The van der Waals surface area contributed by atoms with E-state index >= 15 is 0 Å². The first-order valence-corrected chi connectivity index (χ1v) is 4.87. The molecule has 0 atom stereocenters. The Labute approximate surface area is 98.4 Å². The van der Waals surface area contributed by atoms with Crippen molar-refractivity contribution >= 4 is 17.9 Å². The quantitative estimate of drug-likeness (QED) is 0.576. The number of hydrogen-bond donors (Lipinski definition) is 0. The van der Waals surface area contributed by atoms with E-state index < -0.39 is 12.1 Å². The van der Waals surface area contributed by atoms with Crippen LogP contribution >= 0.6 is 0 Å². The Morgan fingerprint density at radius 3 is 2.88 bits per heavy atom. The Bertz CT molecular complexity index is 385. The summed E-state index contributed by atoms with van der Waals surface area (Å²) < 4.78 is 14.4. The molecule has 0 bridgehead atoms. The molecule has 0 aliphatic carbocycles. The molecule has 0 spiro atoms. The fourth-order valence-corrected chi connectivity index (χ4v) is 1.12. The summed E-state index contributed by atoms with van der Waals surface area (Å²) in [6, 6.07) is 3.24. The molecule has 1 aromatic rings. The molecule has 0 fully saturated rings. The number of furan rings is 1. The second-order valence-electron chi connectivity index (χ2n) is 2.94. The van der Waals surface area contributed by atoms with Gasteiger partial charge in [-0.25, -0.2) is 14.5 Å². The van der Waals surface area contributed by atoms with Crippen molar-refractivity contribution in [2.75, 3.05) is 25.2 Å². The average molecular weight is 239 g/mol. The molecule has 1 aromatic heterocycles. The molecule has 0 aliphatic heterocycles. The van der Waals surface area contributed by atoms with Gasteiger partial charge in [0.2, 0.25) is 5.88 Å². The lowest BCUT2D eigenvalue weighted by atomic mass is 10.5. The SMILES string of the molecule is C=CC(=O)OCCN(C(=O)OC)c1ccco1. The first-order valence-electron chi connectivity index (χ1n) is 4.87. The van der Waals surface area contributed by atoms with Crippen molar-refractivity contribution in [1.29, 1.82) is 0 Å². The van der Waals surface area contributed by atoms with Crippen LogP contribution in [0.4, 0.5) is 10.7 Å². The second-order valence-corrected chi connectivity index (χ2v) is 2.94. The summed E-state index contributed by atoms with van der Waals surface area (Å²) in [6.45, 7) is 3.43. The number of ether oxygens (including phenoxy) is 2. The van der Waals surface area contributed by atoms with Gasteiger partial charge in [0.25, 0.3) is 0 Å². The van der Waals surface area contributed by atoms with Crippen LogP contribution in [0.15, 0.2) is 35.5 Å². The van der Waals surface area contributed by atoms with Gasteiger partial charge in [0, 0.05) is 12.1 Å². The summed E-state index contributed by atoms with van der Waals surface area (Å²) in [5, 5.41) is 0. The summed E-state index contributed by atoms with van der Waals surface area (Å²) in [5.41, 5.74) is 0. The molecule has 0 saturated heterocycles. The number of hydrogen-bond acceptors (Lipinski definition) is 5. The highest BCUT2D eigenvalue weighted by Gasteiger charge is 2.18. The highest BCUT2D eigenvalue weighted by Crippen LogP contribution is 2.15. The first kappa shape index (κ1) is 12.8. The molecule has 0 aromatic carbocycles. The summed E-state index contributed by atoms with van der Waals surface area (Å²) in [6.07, 6.45) is 1.89. The van der Waals surface area contributed by atoms with Crippen molar-refractivity contribution in [3.05, 3.63) is 31.1 Å². The Morgan fingerprint density at radius 2 is 2.35 bits per heavy atom. The van der Waals surface area contributed by atoms with Crippen LogP contribution in [0.3, 0.4) is 0 Å². The van der Waals surface area contributed by atoms with Gasteiger partial charge < -0.3 is 13.9 Å². The predicted octanol–water partition coefficient (Wildman–Crippen LogP) is 1.58. The van der Waals surface area contributed by atoms with E-state index in [0.29, 0.717) is 5.88 Å². The minimum Gasteiger partial charge on any atom is -0.461 e. The van der Waals surface area contributed by atoms with Crippen LogP contribution in [0.2, 0.25) is 0 Å². The molecule has 0 saturated carbocycles. The van der Waals surface area contributed by atoms with E-state index in [0.717, 1.165) is 6.08 Å². The summed E-state index contributed by atoms with van der Waals surface area (Å²) in [7, 11) is 1.26. The van der Waals surface area contributed by atoms with Gasteiger partial charge in [-0.05, 0) is 6.07 Å². The predicted molar refractivity (Wildman–Crippen MR) is 59.6 cm³/mol. The zero-order chi connectivity index (χ0) is 12.7. The topological polar surface area (TPSA) is 69.0 Å². The maximum Gasteiger partial charge on any atom is 0.416 e. The van der Waals surface area contributed by atoms with Crippen LogP contribution in [0.1, 0.15) is 0 Å². The molecule has 0 N–H and O–H groups in total. The summed E-state index contributed by atoms with van der Waals surface area (Å²) in [4.78, 5) is 23.5. The molecule has 0 unspecified atom stereocenters. The third-order valence-electron chi connectivity index (χ3n) is 1.89. The summed E-state index contributed by atoms with van der Waals surface area (Å²) in [5.74, 6) is -0.222. The lowest BCUT2D eigenvalue weighted by Gasteiger charge is -2.17. The number of amides is 1. The largest absolute Gasteiger partial charge is 0.461 e. The van der Waals surface area contributed by atoms with Gasteiger partial charge in [-0.1, -0.05) is 6.58 Å². The Kier molecular flexibility index (Phi) is 4.80. The zero-order valence-electron chi connectivity index (χ0n) is 9.42. The van der Waals surface area contributed by atoms with Gasteiger partial charge in [-0.3, -0.25) is 0 Å². The van der Waals surface area contributed by atoms with E-state index in [2.05, 4.69) is 11.3 Å². The second kappa shape index (κ2) is 6.37. The van der Waals surface area contributed by atoms with E-state index in [1.807, 2.05) is 0 Å². The van der Waals surface area contributed by atoms with Gasteiger partial charge in [0.15, 0.2) is 0 Å². The maximum absolute atomic E-state index is 11.4. The molecule has 1 rings (SSSR count). The average Bonchev–Trinajstić information content (AvgIpc) is 2.86. The first-order chi connectivity index (χ1) is 8.19. The van der Waals surface area contributed by atoms with Crippen LogP contribution in [0.25, 0.3) is 0 Å². The standard InChI is InChI=1S/C11H13NO5/c1-3-10(13)17-8-6-12(11(14)15-2)9-5-4-7-16-9/h3-5,7H,1,6,8H2,2H3. The molecule has 0 aliphatic rings. The maximum atomic E-state index is 11.4. The normalized spacial score (nSPS) is 9.47. The fraction of sp³-hybridized carbons (Fsp3) is 0.273. The van der Waals surface area contributed by atoms with Gasteiger partial charge in [-0.2, -0.15) is 0 Å². The van der Waals surface area contributed by atoms with E-state index in [-0.39, 0.29) is 13.2 Å². The van der Waals surface area contributed by atoms with Crippen molar-refractivity contribution in [2.24, 2.45) is 0 Å². The highest BCUT2D eigenvalue weighted by molar-refractivity contribution is 5.86.